The summed E-state index contributed by atoms with van der Waals surface area (Å²) < 4.78 is 6.81. The third-order valence-electron chi connectivity index (χ3n) is 4.26. The summed E-state index contributed by atoms with van der Waals surface area (Å²) >= 11 is 0. The lowest BCUT2D eigenvalue weighted by Crippen LogP contribution is -2.56. The Labute approximate surface area is 116 Å². The molecule has 0 aromatic rings. The second kappa shape index (κ2) is 4.88. The van der Waals surface area contributed by atoms with Gasteiger partial charge in [-0.3, -0.25) is 4.79 Å². The van der Waals surface area contributed by atoms with Crippen LogP contribution in [0.25, 0.3) is 0 Å². The maximum Gasteiger partial charge on any atom is 0.311 e. The Bertz CT molecular complexity index is 363. The summed E-state index contributed by atoms with van der Waals surface area (Å²) in [5.74, 6) is -0.161. The predicted octanol–water partition coefficient (Wildman–Crippen LogP) is 3.46. The number of hydrogen-bond donors (Lipinski definition) is 0. The maximum absolute atomic E-state index is 12.2. The molecule has 0 aromatic heterocycles. The maximum atomic E-state index is 12.2. The average Bonchev–Trinajstić information content (AvgIpc) is 2.24. The fourth-order valence-corrected chi connectivity index (χ4v) is 2.71. The molecule has 110 valence electrons. The molecule has 0 bridgehead atoms. The summed E-state index contributed by atoms with van der Waals surface area (Å²) in [6, 6.07) is 0. The number of carbonyl (C=O) groups is 1. The first-order valence-electron chi connectivity index (χ1n) is 7.11. The lowest BCUT2D eigenvalue weighted by Gasteiger charge is -2.37. The Morgan fingerprint density at radius 3 is 2.00 bits per heavy atom. The fourth-order valence-electron chi connectivity index (χ4n) is 2.71. The van der Waals surface area contributed by atoms with Gasteiger partial charge in [0, 0.05) is 37.4 Å². The quantitative estimate of drug-likeness (QED) is 0.583. The Morgan fingerprint density at radius 2 is 1.63 bits per heavy atom. The molecule has 4 heteroatoms. The van der Waals surface area contributed by atoms with Crippen molar-refractivity contribution in [1.82, 2.24) is 0 Å². The zero-order valence-electron chi connectivity index (χ0n) is 13.4. The van der Waals surface area contributed by atoms with Gasteiger partial charge in [0.2, 0.25) is 11.1 Å². The summed E-state index contributed by atoms with van der Waals surface area (Å²) in [6.45, 7) is 13.4. The van der Waals surface area contributed by atoms with Crippen LogP contribution in [0.15, 0.2) is 0 Å². The van der Waals surface area contributed by atoms with Crippen molar-refractivity contribution in [3.8, 4) is 0 Å². The second-order valence-corrected chi connectivity index (χ2v) is 7.59. The van der Waals surface area contributed by atoms with Gasteiger partial charge in [0.15, 0.2) is 0 Å². The molecule has 0 radical (unpaired) electrons. The Balaban J connectivity index is 2.82. The molecule has 1 aliphatic heterocycles. The van der Waals surface area contributed by atoms with Crippen LogP contribution in [-0.2, 0) is 9.53 Å². The normalized spacial score (nSPS) is 23.2. The van der Waals surface area contributed by atoms with Crippen molar-refractivity contribution < 1.29 is 14.3 Å². The summed E-state index contributed by atoms with van der Waals surface area (Å²) in [6.07, 6.45) is 1.75. The van der Waals surface area contributed by atoms with Crippen LogP contribution in [0.5, 0.6) is 0 Å². The van der Waals surface area contributed by atoms with Gasteiger partial charge < -0.3 is 4.74 Å². The molecule has 0 spiro atoms. The third-order valence-corrected chi connectivity index (χ3v) is 4.26. The van der Waals surface area contributed by atoms with Crippen molar-refractivity contribution in [2.75, 3.05) is 0 Å². The molecule has 0 aromatic carbocycles. The summed E-state index contributed by atoms with van der Waals surface area (Å²) in [4.78, 5) is 24.4. The number of ether oxygens (including phenoxy) is 1. The minimum Gasteiger partial charge on any atom is -0.461 e. The van der Waals surface area contributed by atoms with Crippen LogP contribution in [0.1, 0.15) is 67.7 Å². The van der Waals surface area contributed by atoms with E-state index in [1.54, 1.807) is 0 Å². The van der Waals surface area contributed by atoms with Gasteiger partial charge in [-0.2, -0.15) is 0 Å². The van der Waals surface area contributed by atoms with E-state index in [4.69, 9.17) is 4.74 Å². The predicted molar refractivity (Wildman–Crippen MR) is 75.0 cm³/mol. The van der Waals surface area contributed by atoms with Crippen molar-refractivity contribution in [1.29, 1.82) is 0 Å². The number of piperidine rings is 1. The zero-order valence-corrected chi connectivity index (χ0v) is 13.4. The second-order valence-electron chi connectivity index (χ2n) is 7.59. The van der Waals surface area contributed by atoms with Gasteiger partial charge in [-0.05, 0) is 20.3 Å². The van der Waals surface area contributed by atoms with E-state index in [0.29, 0.717) is 12.8 Å². The molecule has 1 saturated heterocycles. The highest BCUT2D eigenvalue weighted by atomic mass is 16.5. The van der Waals surface area contributed by atoms with Crippen molar-refractivity contribution >= 4 is 5.97 Å². The Kier molecular flexibility index (Phi) is 4.14. The molecule has 1 heterocycles. The highest BCUT2D eigenvalue weighted by Gasteiger charge is 2.55. The van der Waals surface area contributed by atoms with Crippen LogP contribution in [-0.4, -0.2) is 27.9 Å². The van der Waals surface area contributed by atoms with E-state index in [2.05, 4.69) is 0 Å². The van der Waals surface area contributed by atoms with Crippen LogP contribution in [0.4, 0.5) is 0 Å². The van der Waals surface area contributed by atoms with E-state index in [1.165, 1.54) is 0 Å². The molecular formula is C15H28NO3+. The van der Waals surface area contributed by atoms with Crippen molar-refractivity contribution in [2.24, 2.45) is 5.41 Å². The average molecular weight is 270 g/mol. The van der Waals surface area contributed by atoms with Gasteiger partial charge in [-0.15, -0.1) is 0 Å². The largest absolute Gasteiger partial charge is 0.461 e. The highest BCUT2D eigenvalue weighted by molar-refractivity contribution is 5.76. The van der Waals surface area contributed by atoms with E-state index < -0.39 is 16.5 Å². The molecule has 0 N–H and O–H groups in total. The molecular weight excluding hydrogens is 242 g/mol. The van der Waals surface area contributed by atoms with Gasteiger partial charge in [0.1, 0.15) is 6.10 Å². The standard InChI is InChI=1S/C15H28NO3/c1-8-13(2,3)12(17)19-11-9-14(4,5)16(18)15(6,7)10-11/h11H,8-10H2,1-7H3/q+1. The third kappa shape index (κ3) is 3.34. The van der Waals surface area contributed by atoms with Gasteiger partial charge in [-0.1, -0.05) is 6.92 Å². The van der Waals surface area contributed by atoms with Gasteiger partial charge in [0.25, 0.3) is 0 Å². The lowest BCUT2D eigenvalue weighted by atomic mass is 9.80. The minimum absolute atomic E-state index is 0.161. The van der Waals surface area contributed by atoms with Gasteiger partial charge >= 0.3 is 5.97 Å². The van der Waals surface area contributed by atoms with Crippen LogP contribution < -0.4 is 0 Å². The number of carbonyl (C=O) groups excluding carboxylic acids is 1. The van der Waals surface area contributed by atoms with Crippen molar-refractivity contribution in [2.45, 2.75) is 84.9 Å². The monoisotopic (exact) mass is 270 g/mol. The molecule has 0 amide bonds. The topological polar surface area (TPSA) is 46.4 Å². The Morgan fingerprint density at radius 1 is 1.21 bits per heavy atom. The minimum atomic E-state index is -0.497. The van der Waals surface area contributed by atoms with E-state index >= 15 is 0 Å². The summed E-state index contributed by atoms with van der Waals surface area (Å²) in [5.41, 5.74) is -1.45. The molecule has 0 aliphatic carbocycles. The first kappa shape index (κ1) is 16.1. The molecule has 19 heavy (non-hydrogen) atoms. The first-order chi connectivity index (χ1) is 8.42. The molecule has 1 rings (SSSR count). The molecule has 0 unspecified atom stereocenters. The Hall–Kier alpha value is -0.930. The van der Waals surface area contributed by atoms with Crippen LogP contribution >= 0.6 is 0 Å². The molecule has 0 saturated carbocycles. The summed E-state index contributed by atoms with van der Waals surface area (Å²) in [5, 5.41) is 0. The molecule has 0 atom stereocenters. The van der Waals surface area contributed by atoms with E-state index in [-0.39, 0.29) is 12.1 Å². The smallest absolute Gasteiger partial charge is 0.311 e. The van der Waals surface area contributed by atoms with Crippen LogP contribution in [0.2, 0.25) is 0 Å². The summed E-state index contributed by atoms with van der Waals surface area (Å²) in [7, 11) is 0. The number of esters is 1. The SMILES string of the molecule is CCC(C)(C)C(=O)OC1CC(C)(C)[N+](=O)C(C)(C)C1. The van der Waals surface area contributed by atoms with Crippen molar-refractivity contribution in [3.63, 3.8) is 0 Å². The van der Waals surface area contributed by atoms with E-state index in [1.807, 2.05) is 48.5 Å². The number of nitrogens with zero attached hydrogens (tertiary/aromatic N) is 1. The highest BCUT2D eigenvalue weighted by Crippen LogP contribution is 2.36. The molecule has 1 aliphatic rings. The van der Waals surface area contributed by atoms with Crippen LogP contribution in [0, 0.1) is 10.3 Å². The number of nitroso groups, excluding NO2 is 1. The van der Waals surface area contributed by atoms with Crippen LogP contribution in [0.3, 0.4) is 0 Å². The van der Waals surface area contributed by atoms with E-state index in [9.17, 15) is 9.70 Å². The van der Waals surface area contributed by atoms with Gasteiger partial charge in [0.05, 0.1) is 18.3 Å². The molecule has 4 nitrogen and oxygen atoms in total. The van der Waals surface area contributed by atoms with Crippen molar-refractivity contribution in [3.05, 3.63) is 4.91 Å². The fraction of sp³-hybridized carbons (Fsp3) is 0.933. The zero-order chi connectivity index (χ0) is 15.1. The van der Waals surface area contributed by atoms with Gasteiger partial charge in [-0.25, -0.2) is 0 Å². The first-order valence-corrected chi connectivity index (χ1v) is 7.11. The van der Waals surface area contributed by atoms with E-state index in [0.717, 1.165) is 11.2 Å². The lowest BCUT2D eigenvalue weighted by molar-refractivity contribution is -0.695. The number of hydrogen-bond acceptors (Lipinski definition) is 3. The number of rotatable bonds is 3. The molecule has 1 fully saturated rings.